The second-order valence-corrected chi connectivity index (χ2v) is 5.59. The standard InChI is InChI=1S/C16H22N2O3/c17-14(9-8-12-5-2-1-3-6-12)15(19)18-10-4-7-13(11-18)16(20)21/h1-3,5-6,13-14H,4,7-11,17H2,(H,20,21). The number of nitrogens with zero attached hydrogens (tertiary/aromatic N) is 1. The van der Waals surface area contributed by atoms with Crippen LogP contribution in [0, 0.1) is 5.92 Å². The summed E-state index contributed by atoms with van der Waals surface area (Å²) in [6.07, 6.45) is 2.70. The van der Waals surface area contributed by atoms with Gasteiger partial charge < -0.3 is 15.7 Å². The number of amides is 1. The number of carbonyl (C=O) groups excluding carboxylic acids is 1. The van der Waals surface area contributed by atoms with Crippen LogP contribution in [0.15, 0.2) is 30.3 Å². The average Bonchev–Trinajstić information content (AvgIpc) is 2.53. The Bertz CT molecular complexity index is 490. The van der Waals surface area contributed by atoms with Crippen LogP contribution < -0.4 is 5.73 Å². The van der Waals surface area contributed by atoms with Gasteiger partial charge in [-0.3, -0.25) is 9.59 Å². The third-order valence-electron chi connectivity index (χ3n) is 3.99. The lowest BCUT2D eigenvalue weighted by Gasteiger charge is -2.32. The molecule has 0 aliphatic carbocycles. The Morgan fingerprint density at radius 3 is 2.71 bits per heavy atom. The monoisotopic (exact) mass is 290 g/mol. The van der Waals surface area contributed by atoms with Crippen LogP contribution in [0.25, 0.3) is 0 Å². The minimum Gasteiger partial charge on any atom is -0.481 e. The Labute approximate surface area is 124 Å². The summed E-state index contributed by atoms with van der Waals surface area (Å²) >= 11 is 0. The summed E-state index contributed by atoms with van der Waals surface area (Å²) in [5.74, 6) is -1.41. The Morgan fingerprint density at radius 1 is 1.33 bits per heavy atom. The first-order chi connectivity index (χ1) is 10.1. The number of aryl methyl sites for hydroxylation is 1. The van der Waals surface area contributed by atoms with Gasteiger partial charge in [-0.25, -0.2) is 0 Å². The Hall–Kier alpha value is -1.88. The number of carboxylic acid groups (broad SMARTS) is 1. The minimum absolute atomic E-state index is 0.128. The van der Waals surface area contributed by atoms with Crippen molar-refractivity contribution in [2.75, 3.05) is 13.1 Å². The topological polar surface area (TPSA) is 83.6 Å². The molecule has 0 bridgehead atoms. The van der Waals surface area contributed by atoms with E-state index in [9.17, 15) is 9.59 Å². The fraction of sp³-hybridized carbons (Fsp3) is 0.500. The zero-order valence-corrected chi connectivity index (χ0v) is 12.1. The molecule has 2 unspecified atom stereocenters. The Kier molecular flexibility index (Phi) is 5.33. The van der Waals surface area contributed by atoms with Crippen LogP contribution in [0.4, 0.5) is 0 Å². The highest BCUT2D eigenvalue weighted by molar-refractivity contribution is 5.82. The van der Waals surface area contributed by atoms with Gasteiger partial charge in [0.1, 0.15) is 0 Å². The molecule has 1 heterocycles. The fourth-order valence-corrected chi connectivity index (χ4v) is 2.70. The van der Waals surface area contributed by atoms with Gasteiger partial charge in [0.2, 0.25) is 5.91 Å². The zero-order valence-electron chi connectivity index (χ0n) is 12.1. The van der Waals surface area contributed by atoms with Gasteiger partial charge in [0.05, 0.1) is 12.0 Å². The number of nitrogens with two attached hydrogens (primary N) is 1. The lowest BCUT2D eigenvalue weighted by atomic mass is 9.97. The normalized spacial score (nSPS) is 20.0. The van der Waals surface area contributed by atoms with Gasteiger partial charge >= 0.3 is 5.97 Å². The molecule has 1 aromatic carbocycles. The predicted octanol–water partition coefficient (Wildman–Crippen LogP) is 1.27. The van der Waals surface area contributed by atoms with E-state index in [1.807, 2.05) is 30.3 Å². The van der Waals surface area contributed by atoms with Gasteiger partial charge in [0.15, 0.2) is 0 Å². The molecule has 0 aromatic heterocycles. The highest BCUT2D eigenvalue weighted by Gasteiger charge is 2.30. The highest BCUT2D eigenvalue weighted by atomic mass is 16.4. The lowest BCUT2D eigenvalue weighted by Crippen LogP contribution is -2.49. The van der Waals surface area contributed by atoms with E-state index in [4.69, 9.17) is 10.8 Å². The first kappa shape index (κ1) is 15.5. The molecule has 1 fully saturated rings. The summed E-state index contributed by atoms with van der Waals surface area (Å²) in [4.78, 5) is 24.9. The number of carbonyl (C=O) groups is 2. The molecule has 21 heavy (non-hydrogen) atoms. The number of aliphatic carboxylic acids is 1. The van der Waals surface area contributed by atoms with Gasteiger partial charge in [-0.1, -0.05) is 30.3 Å². The van der Waals surface area contributed by atoms with Crippen LogP contribution in [-0.2, 0) is 16.0 Å². The molecule has 2 rings (SSSR count). The molecule has 114 valence electrons. The summed E-state index contributed by atoms with van der Waals surface area (Å²) in [5.41, 5.74) is 7.13. The van der Waals surface area contributed by atoms with Gasteiger partial charge in [-0.05, 0) is 31.2 Å². The van der Waals surface area contributed by atoms with E-state index in [0.717, 1.165) is 18.4 Å². The molecular formula is C16H22N2O3. The van der Waals surface area contributed by atoms with Crippen molar-refractivity contribution in [1.29, 1.82) is 0 Å². The maximum absolute atomic E-state index is 12.3. The van der Waals surface area contributed by atoms with Gasteiger partial charge in [0.25, 0.3) is 0 Å². The van der Waals surface area contributed by atoms with E-state index in [1.165, 1.54) is 0 Å². The number of rotatable bonds is 5. The van der Waals surface area contributed by atoms with Crippen LogP contribution in [-0.4, -0.2) is 41.0 Å². The van der Waals surface area contributed by atoms with Crippen molar-refractivity contribution in [3.8, 4) is 0 Å². The first-order valence-electron chi connectivity index (χ1n) is 7.39. The molecule has 1 amide bonds. The molecule has 1 saturated heterocycles. The van der Waals surface area contributed by atoms with Crippen LogP contribution in [0.3, 0.4) is 0 Å². The molecule has 3 N–H and O–H groups in total. The Balaban J connectivity index is 1.85. The van der Waals surface area contributed by atoms with E-state index in [-0.39, 0.29) is 12.5 Å². The van der Waals surface area contributed by atoms with Crippen LogP contribution in [0.1, 0.15) is 24.8 Å². The molecule has 0 radical (unpaired) electrons. The van der Waals surface area contributed by atoms with Crippen molar-refractivity contribution < 1.29 is 14.7 Å². The van der Waals surface area contributed by atoms with Gasteiger partial charge in [-0.2, -0.15) is 0 Å². The summed E-state index contributed by atoms with van der Waals surface area (Å²) in [6.45, 7) is 0.898. The summed E-state index contributed by atoms with van der Waals surface area (Å²) in [7, 11) is 0. The molecule has 1 aromatic rings. The van der Waals surface area contributed by atoms with E-state index in [2.05, 4.69) is 0 Å². The SMILES string of the molecule is NC(CCc1ccccc1)C(=O)N1CCCC(C(=O)O)C1. The third kappa shape index (κ3) is 4.29. The van der Waals surface area contributed by atoms with Crippen molar-refractivity contribution in [2.24, 2.45) is 11.7 Å². The molecule has 5 nitrogen and oxygen atoms in total. The molecule has 2 atom stereocenters. The minimum atomic E-state index is -0.828. The van der Waals surface area contributed by atoms with E-state index < -0.39 is 17.9 Å². The number of likely N-dealkylation sites (tertiary alicyclic amines) is 1. The van der Waals surface area contributed by atoms with Gasteiger partial charge in [0, 0.05) is 13.1 Å². The van der Waals surface area contributed by atoms with E-state index in [0.29, 0.717) is 19.4 Å². The summed E-state index contributed by atoms with van der Waals surface area (Å²) < 4.78 is 0. The number of benzene rings is 1. The van der Waals surface area contributed by atoms with E-state index >= 15 is 0 Å². The molecule has 5 heteroatoms. The average molecular weight is 290 g/mol. The number of hydrogen-bond acceptors (Lipinski definition) is 3. The molecule has 0 spiro atoms. The number of hydrogen-bond donors (Lipinski definition) is 2. The fourth-order valence-electron chi connectivity index (χ4n) is 2.70. The van der Waals surface area contributed by atoms with Crippen LogP contribution in [0.2, 0.25) is 0 Å². The maximum atomic E-state index is 12.3. The number of piperidine rings is 1. The smallest absolute Gasteiger partial charge is 0.308 e. The highest BCUT2D eigenvalue weighted by Crippen LogP contribution is 2.18. The third-order valence-corrected chi connectivity index (χ3v) is 3.99. The van der Waals surface area contributed by atoms with Crippen molar-refractivity contribution in [3.63, 3.8) is 0 Å². The maximum Gasteiger partial charge on any atom is 0.308 e. The van der Waals surface area contributed by atoms with Crippen LogP contribution in [0.5, 0.6) is 0 Å². The molecule has 1 aliphatic heterocycles. The molecular weight excluding hydrogens is 268 g/mol. The van der Waals surface area contributed by atoms with Gasteiger partial charge in [-0.15, -0.1) is 0 Å². The van der Waals surface area contributed by atoms with Crippen molar-refractivity contribution in [3.05, 3.63) is 35.9 Å². The molecule has 1 aliphatic rings. The number of carboxylic acids is 1. The van der Waals surface area contributed by atoms with E-state index in [1.54, 1.807) is 4.90 Å². The van der Waals surface area contributed by atoms with Crippen molar-refractivity contribution in [2.45, 2.75) is 31.7 Å². The largest absolute Gasteiger partial charge is 0.481 e. The zero-order chi connectivity index (χ0) is 15.2. The quantitative estimate of drug-likeness (QED) is 0.855. The second-order valence-electron chi connectivity index (χ2n) is 5.59. The van der Waals surface area contributed by atoms with Crippen molar-refractivity contribution in [1.82, 2.24) is 4.90 Å². The summed E-state index contributed by atoms with van der Waals surface area (Å²) in [5, 5.41) is 9.06. The Morgan fingerprint density at radius 2 is 2.05 bits per heavy atom. The van der Waals surface area contributed by atoms with Crippen LogP contribution >= 0.6 is 0 Å². The second kappa shape index (κ2) is 7.22. The molecule has 0 saturated carbocycles. The lowest BCUT2D eigenvalue weighted by molar-refractivity contribution is -0.146. The van der Waals surface area contributed by atoms with Crippen molar-refractivity contribution >= 4 is 11.9 Å². The first-order valence-corrected chi connectivity index (χ1v) is 7.39. The predicted molar refractivity (Wildman–Crippen MR) is 79.7 cm³/mol. The summed E-state index contributed by atoms with van der Waals surface area (Å²) in [6, 6.07) is 9.35.